The van der Waals surface area contributed by atoms with E-state index in [0.717, 1.165) is 32.1 Å². The third-order valence-electron chi connectivity index (χ3n) is 4.23. The lowest BCUT2D eigenvalue weighted by Crippen LogP contribution is -2.10. The quantitative estimate of drug-likeness (QED) is 0.365. The van der Waals surface area contributed by atoms with Crippen LogP contribution in [0, 0.1) is 0 Å². The molecule has 4 rings (SSSR count). The van der Waals surface area contributed by atoms with Crippen molar-refractivity contribution in [3.05, 3.63) is 95.6 Å². The number of fused-ring (bicyclic) bond motifs is 2. The fraction of sp³-hybridized carbons (Fsp3) is 0.0455. The largest absolute Gasteiger partial charge is 0.465 e. The van der Waals surface area contributed by atoms with Gasteiger partial charge >= 0.3 is 5.97 Å². The van der Waals surface area contributed by atoms with Gasteiger partial charge in [0.2, 0.25) is 0 Å². The first-order chi connectivity index (χ1) is 12.3. The lowest BCUT2D eigenvalue weighted by Gasteiger charge is -2.24. The summed E-state index contributed by atoms with van der Waals surface area (Å²) in [5, 5.41) is 0. The van der Waals surface area contributed by atoms with Crippen molar-refractivity contribution >= 4 is 28.9 Å². The minimum absolute atomic E-state index is 0.322. The predicted molar refractivity (Wildman–Crippen MR) is 101 cm³/mol. The van der Waals surface area contributed by atoms with Gasteiger partial charge in [0.15, 0.2) is 0 Å². The number of hydrogen-bond donors (Lipinski definition) is 0. The fourth-order valence-electron chi connectivity index (χ4n) is 3.13. The van der Waals surface area contributed by atoms with Crippen molar-refractivity contribution in [1.82, 2.24) is 0 Å². The standard InChI is InChI=1S/C22H16O2S/c1-24-22(23)20(15-9-3-2-4-10-15)21-16-11-5-7-13-18(16)25-19-14-8-6-12-17(19)21/h2-14H,1H3. The average molecular weight is 344 g/mol. The van der Waals surface area contributed by atoms with Crippen LogP contribution in [-0.4, -0.2) is 13.1 Å². The van der Waals surface area contributed by atoms with Crippen molar-refractivity contribution in [2.24, 2.45) is 0 Å². The Balaban J connectivity index is 2.10. The zero-order chi connectivity index (χ0) is 17.2. The van der Waals surface area contributed by atoms with Gasteiger partial charge in [-0.15, -0.1) is 0 Å². The van der Waals surface area contributed by atoms with Crippen molar-refractivity contribution in [2.45, 2.75) is 9.79 Å². The number of methoxy groups -OCH3 is 1. The molecule has 0 bridgehead atoms. The third kappa shape index (κ3) is 2.77. The maximum Gasteiger partial charge on any atom is 0.339 e. The molecule has 0 saturated heterocycles. The second-order valence-corrected chi connectivity index (χ2v) is 6.79. The lowest BCUT2D eigenvalue weighted by atomic mass is 9.89. The Morgan fingerprint density at radius 2 is 1.28 bits per heavy atom. The fourth-order valence-corrected chi connectivity index (χ4v) is 4.22. The summed E-state index contributed by atoms with van der Waals surface area (Å²) in [5.41, 5.74) is 4.53. The number of rotatable bonds is 2. The molecule has 122 valence electrons. The monoisotopic (exact) mass is 344 g/mol. The molecule has 25 heavy (non-hydrogen) atoms. The summed E-state index contributed by atoms with van der Waals surface area (Å²) in [6.07, 6.45) is 0. The van der Waals surface area contributed by atoms with E-state index in [1.807, 2.05) is 54.6 Å². The lowest BCUT2D eigenvalue weighted by molar-refractivity contribution is -0.133. The van der Waals surface area contributed by atoms with Gasteiger partial charge in [0.05, 0.1) is 12.7 Å². The smallest absolute Gasteiger partial charge is 0.339 e. The average Bonchev–Trinajstić information content (AvgIpc) is 2.68. The summed E-state index contributed by atoms with van der Waals surface area (Å²) < 4.78 is 5.15. The van der Waals surface area contributed by atoms with Gasteiger partial charge in [-0.2, -0.15) is 0 Å². The van der Waals surface area contributed by atoms with E-state index in [1.165, 1.54) is 7.11 Å². The molecule has 1 heterocycles. The van der Waals surface area contributed by atoms with Crippen LogP contribution in [0.3, 0.4) is 0 Å². The van der Waals surface area contributed by atoms with Crippen molar-refractivity contribution in [3.63, 3.8) is 0 Å². The van der Waals surface area contributed by atoms with Crippen molar-refractivity contribution in [2.75, 3.05) is 7.11 Å². The van der Waals surface area contributed by atoms with Gasteiger partial charge in [-0.25, -0.2) is 4.79 Å². The zero-order valence-electron chi connectivity index (χ0n) is 13.7. The van der Waals surface area contributed by atoms with Crippen LogP contribution in [0.25, 0.3) is 11.1 Å². The van der Waals surface area contributed by atoms with E-state index in [1.54, 1.807) is 11.8 Å². The van der Waals surface area contributed by atoms with Crippen LogP contribution in [0.2, 0.25) is 0 Å². The van der Waals surface area contributed by atoms with Crippen LogP contribution < -0.4 is 0 Å². The highest BCUT2D eigenvalue weighted by molar-refractivity contribution is 7.99. The molecule has 2 nitrogen and oxygen atoms in total. The van der Waals surface area contributed by atoms with Gasteiger partial charge in [-0.3, -0.25) is 0 Å². The number of esters is 1. The SMILES string of the molecule is COC(=O)C(=C1c2ccccc2Sc2ccccc21)c1ccccc1. The van der Waals surface area contributed by atoms with Crippen molar-refractivity contribution < 1.29 is 9.53 Å². The van der Waals surface area contributed by atoms with E-state index >= 15 is 0 Å². The maximum absolute atomic E-state index is 12.7. The Kier molecular flexibility index (Phi) is 4.16. The summed E-state index contributed by atoms with van der Waals surface area (Å²) in [6.45, 7) is 0. The van der Waals surface area contributed by atoms with Gasteiger partial charge < -0.3 is 4.74 Å². The molecule has 3 heteroatoms. The normalized spacial score (nSPS) is 12.1. The summed E-state index contributed by atoms with van der Waals surface area (Å²) in [6, 6.07) is 26.1. The molecule has 0 N–H and O–H groups in total. The topological polar surface area (TPSA) is 26.3 Å². The molecule has 0 amide bonds. The van der Waals surface area contributed by atoms with E-state index in [2.05, 4.69) is 24.3 Å². The highest BCUT2D eigenvalue weighted by atomic mass is 32.2. The van der Waals surface area contributed by atoms with Crippen LogP contribution in [0.5, 0.6) is 0 Å². The number of ether oxygens (including phenoxy) is 1. The molecule has 0 atom stereocenters. The summed E-state index contributed by atoms with van der Waals surface area (Å²) in [4.78, 5) is 15.0. The molecule has 3 aromatic carbocycles. The molecule has 1 aliphatic heterocycles. The Morgan fingerprint density at radius 1 is 0.760 bits per heavy atom. The molecule has 0 saturated carbocycles. The van der Waals surface area contributed by atoms with Crippen molar-refractivity contribution in [1.29, 1.82) is 0 Å². The molecule has 3 aromatic rings. The van der Waals surface area contributed by atoms with E-state index in [0.29, 0.717) is 5.57 Å². The second kappa shape index (κ2) is 6.61. The molecule has 0 unspecified atom stereocenters. The highest BCUT2D eigenvalue weighted by Crippen LogP contribution is 2.47. The molecule has 0 radical (unpaired) electrons. The third-order valence-corrected chi connectivity index (χ3v) is 5.39. The van der Waals surface area contributed by atoms with E-state index in [4.69, 9.17) is 4.74 Å². The molecule has 0 aromatic heterocycles. The van der Waals surface area contributed by atoms with Gasteiger partial charge in [-0.05, 0) is 28.8 Å². The van der Waals surface area contributed by atoms with E-state index < -0.39 is 0 Å². The zero-order valence-corrected chi connectivity index (χ0v) is 14.5. The number of carbonyl (C=O) groups is 1. The van der Waals surface area contributed by atoms with Gasteiger partial charge in [0.25, 0.3) is 0 Å². The van der Waals surface area contributed by atoms with Crippen molar-refractivity contribution in [3.8, 4) is 0 Å². The van der Waals surface area contributed by atoms with E-state index in [-0.39, 0.29) is 5.97 Å². The molecular weight excluding hydrogens is 328 g/mol. The molecule has 0 spiro atoms. The van der Waals surface area contributed by atoms with Crippen LogP contribution in [0.15, 0.2) is 88.7 Å². The summed E-state index contributed by atoms with van der Waals surface area (Å²) >= 11 is 1.73. The molecule has 0 aliphatic carbocycles. The minimum Gasteiger partial charge on any atom is -0.465 e. The second-order valence-electron chi connectivity index (χ2n) is 5.70. The molecule has 1 aliphatic rings. The Labute approximate surface area is 151 Å². The Morgan fingerprint density at radius 3 is 1.84 bits per heavy atom. The Hall–Kier alpha value is -2.78. The first-order valence-corrected chi connectivity index (χ1v) is 8.86. The van der Waals surface area contributed by atoms with Gasteiger partial charge in [0, 0.05) is 15.4 Å². The van der Waals surface area contributed by atoms with Crippen LogP contribution in [0.1, 0.15) is 16.7 Å². The summed E-state index contributed by atoms with van der Waals surface area (Å²) in [7, 11) is 1.43. The van der Waals surface area contributed by atoms with Crippen LogP contribution >= 0.6 is 11.8 Å². The van der Waals surface area contributed by atoms with Crippen LogP contribution in [-0.2, 0) is 9.53 Å². The van der Waals surface area contributed by atoms with E-state index in [9.17, 15) is 4.79 Å². The molecule has 0 fully saturated rings. The highest BCUT2D eigenvalue weighted by Gasteiger charge is 2.27. The predicted octanol–water partition coefficient (Wildman–Crippen LogP) is 5.28. The number of benzene rings is 3. The first kappa shape index (κ1) is 15.7. The number of hydrogen-bond acceptors (Lipinski definition) is 3. The number of carbonyl (C=O) groups excluding carboxylic acids is 1. The van der Waals surface area contributed by atoms with Crippen LogP contribution in [0.4, 0.5) is 0 Å². The minimum atomic E-state index is -0.322. The Bertz CT molecular complexity index is 927. The summed E-state index contributed by atoms with van der Waals surface area (Å²) in [5.74, 6) is -0.322. The first-order valence-electron chi connectivity index (χ1n) is 8.04. The van der Waals surface area contributed by atoms with Gasteiger partial charge in [0.1, 0.15) is 0 Å². The molecular formula is C22H16O2S. The maximum atomic E-state index is 12.7. The van der Waals surface area contributed by atoms with Gasteiger partial charge in [-0.1, -0.05) is 78.5 Å².